The summed E-state index contributed by atoms with van der Waals surface area (Å²) in [5.41, 5.74) is 2.18. The zero-order valence-corrected chi connectivity index (χ0v) is 8.20. The quantitative estimate of drug-likeness (QED) is 0.549. The van der Waals surface area contributed by atoms with Gasteiger partial charge in [-0.2, -0.15) is 0 Å². The third-order valence-corrected chi connectivity index (χ3v) is 2.22. The van der Waals surface area contributed by atoms with Crippen LogP contribution in [0.3, 0.4) is 0 Å². The van der Waals surface area contributed by atoms with Crippen LogP contribution in [0.5, 0.6) is 0 Å². The fourth-order valence-electron chi connectivity index (χ4n) is 1.56. The zero-order chi connectivity index (χ0) is 9.97. The summed E-state index contributed by atoms with van der Waals surface area (Å²) < 4.78 is 1.68. The predicted octanol–water partition coefficient (Wildman–Crippen LogP) is 1.22. The van der Waals surface area contributed by atoms with E-state index in [-0.39, 0.29) is 0 Å². The highest BCUT2D eigenvalue weighted by Gasteiger charge is 2.17. The molecule has 0 aromatic rings. The van der Waals surface area contributed by atoms with E-state index in [4.69, 9.17) is 5.84 Å². The van der Waals surface area contributed by atoms with Crippen LogP contribution in [0.2, 0.25) is 0 Å². The average Bonchev–Trinajstić information content (AvgIpc) is 2.41. The van der Waals surface area contributed by atoms with Gasteiger partial charge in [-0.3, -0.25) is 11.2 Å². The summed E-state index contributed by atoms with van der Waals surface area (Å²) in [5.74, 6) is 6.89. The molecule has 0 saturated carbocycles. The number of nitrogens with two attached hydrogens (primary N) is 1. The van der Waals surface area contributed by atoms with Crippen LogP contribution in [0.15, 0.2) is 36.4 Å². The highest BCUT2D eigenvalue weighted by Crippen LogP contribution is 2.20. The van der Waals surface area contributed by atoms with Crippen LogP contribution in [0.1, 0.15) is 6.92 Å². The molecule has 1 aliphatic carbocycles. The normalized spacial score (nSPS) is 10.4. The Morgan fingerprint density at radius 1 is 1.29 bits per heavy atom. The minimum Gasteiger partial charge on any atom is -0.273 e. The van der Waals surface area contributed by atoms with E-state index in [0.717, 1.165) is 23.6 Å². The highest BCUT2D eigenvalue weighted by atomic mass is 15.3. The smallest absolute Gasteiger partial charge is 0.273 e. The van der Waals surface area contributed by atoms with Crippen molar-refractivity contribution in [3.63, 3.8) is 0 Å². The van der Waals surface area contributed by atoms with E-state index in [0.29, 0.717) is 0 Å². The van der Waals surface area contributed by atoms with Gasteiger partial charge in [0.15, 0.2) is 5.69 Å². The van der Waals surface area contributed by atoms with Crippen LogP contribution in [0, 0.1) is 0 Å². The van der Waals surface area contributed by atoms with E-state index in [1.807, 2.05) is 24.3 Å². The lowest BCUT2D eigenvalue weighted by atomic mass is 10.2. The van der Waals surface area contributed by atoms with Crippen molar-refractivity contribution < 1.29 is 4.68 Å². The van der Waals surface area contributed by atoms with Crippen molar-refractivity contribution in [2.75, 3.05) is 17.7 Å². The van der Waals surface area contributed by atoms with E-state index in [1.54, 1.807) is 4.68 Å². The summed E-state index contributed by atoms with van der Waals surface area (Å²) in [7, 11) is 0. The van der Waals surface area contributed by atoms with E-state index >= 15 is 0 Å². The van der Waals surface area contributed by atoms with Crippen molar-refractivity contribution in [3.8, 4) is 11.3 Å². The van der Waals surface area contributed by atoms with E-state index in [9.17, 15) is 0 Å². The maximum Gasteiger partial charge on any atom is 0.298 e. The van der Waals surface area contributed by atoms with Crippen LogP contribution in [0.4, 0.5) is 5.82 Å². The lowest BCUT2D eigenvalue weighted by Gasteiger charge is -1.94. The molecule has 2 rings (SSSR count). The molecule has 0 atom stereocenters. The van der Waals surface area contributed by atoms with Crippen molar-refractivity contribution in [1.82, 2.24) is 0 Å². The number of aromatic nitrogens is 1. The van der Waals surface area contributed by atoms with Gasteiger partial charge in [-0.1, -0.05) is 24.3 Å². The van der Waals surface area contributed by atoms with Crippen LogP contribution in [0.25, 0.3) is 11.3 Å². The minimum atomic E-state index is 0.875. The number of hydrogen-bond acceptors (Lipinski definition) is 2. The number of nitrogen functional groups attached to an aromatic ring is 1. The first-order valence-corrected chi connectivity index (χ1v) is 4.75. The molecule has 3 N–H and O–H groups in total. The number of nitrogens with one attached hydrogen (secondary N) is 1. The molecule has 1 heterocycles. The maximum absolute atomic E-state index is 5.93. The molecule has 3 heteroatoms. The van der Waals surface area contributed by atoms with Gasteiger partial charge in [0.25, 0.3) is 5.82 Å². The molecule has 14 heavy (non-hydrogen) atoms. The molecule has 3 nitrogen and oxygen atoms in total. The summed E-state index contributed by atoms with van der Waals surface area (Å²) in [5, 5.41) is 3.21. The monoisotopic (exact) mass is 188 g/mol. The lowest BCUT2D eigenvalue weighted by molar-refractivity contribution is -0.609. The maximum atomic E-state index is 5.93. The molecule has 0 aromatic carbocycles. The Bertz CT molecular complexity index is 412. The lowest BCUT2D eigenvalue weighted by Crippen LogP contribution is -2.46. The van der Waals surface area contributed by atoms with Gasteiger partial charge in [0, 0.05) is 11.6 Å². The molecule has 0 bridgehead atoms. The highest BCUT2D eigenvalue weighted by molar-refractivity contribution is 5.62. The second-order valence-electron chi connectivity index (χ2n) is 3.18. The van der Waals surface area contributed by atoms with Crippen LogP contribution < -0.4 is 15.8 Å². The fraction of sp³-hybridized carbons (Fsp3) is 0.182. The Morgan fingerprint density at radius 3 is 2.86 bits per heavy atom. The molecular formula is C11H14N3+. The topological polar surface area (TPSA) is 41.9 Å². The second kappa shape index (κ2) is 3.54. The molecule has 0 spiro atoms. The number of nitrogens with zero attached hydrogens (tertiary/aromatic N) is 1. The average molecular weight is 188 g/mol. The first-order valence-electron chi connectivity index (χ1n) is 4.75. The Balaban J connectivity index is 2.57. The molecular weight excluding hydrogens is 174 g/mol. The molecule has 0 aromatic heterocycles. The molecule has 0 unspecified atom stereocenters. The third-order valence-electron chi connectivity index (χ3n) is 2.22. The number of anilines is 1. The van der Waals surface area contributed by atoms with Crippen LogP contribution in [-0.4, -0.2) is 6.54 Å². The number of hydrogen-bond donors (Lipinski definition) is 2. The first kappa shape index (κ1) is 8.81. The van der Waals surface area contributed by atoms with Gasteiger partial charge in [-0.05, 0) is 13.0 Å². The molecule has 2 aliphatic rings. The molecule has 0 radical (unpaired) electrons. The summed E-state index contributed by atoms with van der Waals surface area (Å²) in [6.45, 7) is 2.93. The van der Waals surface area contributed by atoms with Crippen molar-refractivity contribution in [1.29, 1.82) is 0 Å². The summed E-state index contributed by atoms with van der Waals surface area (Å²) in [6.07, 6.45) is 0. The Kier molecular flexibility index (Phi) is 2.23. The van der Waals surface area contributed by atoms with Gasteiger partial charge in [0.2, 0.25) is 0 Å². The van der Waals surface area contributed by atoms with Crippen LogP contribution >= 0.6 is 0 Å². The Morgan fingerprint density at radius 2 is 2.07 bits per heavy atom. The van der Waals surface area contributed by atoms with E-state index < -0.39 is 0 Å². The van der Waals surface area contributed by atoms with Crippen molar-refractivity contribution in [3.05, 3.63) is 36.4 Å². The van der Waals surface area contributed by atoms with Crippen LogP contribution in [-0.2, 0) is 0 Å². The SMILES string of the molecule is CCNc1cc2cccccc-2[n+]1N. The number of fused-ring (bicyclic) bond motifs is 1. The van der Waals surface area contributed by atoms with Gasteiger partial charge in [0.05, 0.1) is 6.54 Å². The van der Waals surface area contributed by atoms with Gasteiger partial charge in [-0.25, -0.2) is 0 Å². The fourth-order valence-corrected chi connectivity index (χ4v) is 1.56. The predicted molar refractivity (Wildman–Crippen MR) is 57.6 cm³/mol. The standard InChI is InChI=1S/C11H13N3/c1-2-13-11-8-9-6-4-3-5-7-10(9)14(11)12/h3-8H,2,12H2,1H3/p+1. The zero-order valence-electron chi connectivity index (χ0n) is 8.20. The van der Waals surface area contributed by atoms with Crippen molar-refractivity contribution in [2.24, 2.45) is 0 Å². The second-order valence-corrected chi connectivity index (χ2v) is 3.18. The first-order chi connectivity index (χ1) is 6.83. The van der Waals surface area contributed by atoms with E-state index in [1.165, 1.54) is 0 Å². The minimum absolute atomic E-state index is 0.875. The van der Waals surface area contributed by atoms with Gasteiger partial charge >= 0.3 is 0 Å². The molecule has 1 aliphatic heterocycles. The third kappa shape index (κ3) is 1.37. The number of rotatable bonds is 2. The molecule has 0 saturated heterocycles. The van der Waals surface area contributed by atoms with Gasteiger partial charge in [-0.15, -0.1) is 4.68 Å². The van der Waals surface area contributed by atoms with Gasteiger partial charge < -0.3 is 0 Å². The Hall–Kier alpha value is -1.77. The molecule has 72 valence electrons. The molecule has 0 fully saturated rings. The Labute approximate surface area is 83.5 Å². The van der Waals surface area contributed by atoms with E-state index in [2.05, 4.69) is 24.4 Å². The summed E-state index contributed by atoms with van der Waals surface area (Å²) in [4.78, 5) is 0. The molecule has 0 amide bonds. The largest absolute Gasteiger partial charge is 0.298 e. The van der Waals surface area contributed by atoms with Crippen molar-refractivity contribution in [2.45, 2.75) is 6.92 Å². The summed E-state index contributed by atoms with van der Waals surface area (Å²) >= 11 is 0. The van der Waals surface area contributed by atoms with Gasteiger partial charge in [0.1, 0.15) is 0 Å². The summed E-state index contributed by atoms with van der Waals surface area (Å²) in [6, 6.07) is 12.1. The van der Waals surface area contributed by atoms with Crippen molar-refractivity contribution >= 4 is 5.82 Å².